The second-order valence-electron chi connectivity index (χ2n) is 8.10. The zero-order valence-electron chi connectivity index (χ0n) is 14.9. The van der Waals surface area contributed by atoms with Crippen LogP contribution in [0.4, 0.5) is 4.79 Å². The van der Waals surface area contributed by atoms with E-state index in [0.29, 0.717) is 0 Å². The third-order valence-electron chi connectivity index (χ3n) is 4.92. The Morgan fingerprint density at radius 1 is 1.17 bits per heavy atom. The van der Waals surface area contributed by atoms with E-state index in [9.17, 15) is 4.79 Å². The molecule has 1 saturated carbocycles. The highest BCUT2D eigenvalue weighted by molar-refractivity contribution is 14.1. The molecule has 2 aliphatic rings. The molecular formula is C18H32INO3. The summed E-state index contributed by atoms with van der Waals surface area (Å²) in [6.45, 7) is 8.12. The van der Waals surface area contributed by atoms with E-state index in [1.165, 1.54) is 32.1 Å². The van der Waals surface area contributed by atoms with Crippen LogP contribution in [0, 0.1) is 5.92 Å². The van der Waals surface area contributed by atoms with Crippen LogP contribution in [0.5, 0.6) is 0 Å². The van der Waals surface area contributed by atoms with Crippen molar-refractivity contribution in [1.82, 2.24) is 4.90 Å². The van der Waals surface area contributed by atoms with Crippen LogP contribution in [0.1, 0.15) is 65.7 Å². The average molecular weight is 437 g/mol. The Hall–Kier alpha value is -0.0400. The van der Waals surface area contributed by atoms with Gasteiger partial charge in [0.15, 0.2) is 0 Å². The summed E-state index contributed by atoms with van der Waals surface area (Å²) >= 11 is 2.44. The Morgan fingerprint density at radius 2 is 1.78 bits per heavy atom. The molecule has 4 nitrogen and oxygen atoms in total. The smallest absolute Gasteiger partial charge is 0.410 e. The predicted molar refractivity (Wildman–Crippen MR) is 101 cm³/mol. The quantitative estimate of drug-likeness (QED) is 0.469. The summed E-state index contributed by atoms with van der Waals surface area (Å²) in [5.74, 6) is 0.743. The van der Waals surface area contributed by atoms with Gasteiger partial charge in [-0.3, -0.25) is 0 Å². The first-order valence-electron chi connectivity index (χ1n) is 9.01. The van der Waals surface area contributed by atoms with Crippen LogP contribution < -0.4 is 0 Å². The molecule has 0 aromatic heterocycles. The summed E-state index contributed by atoms with van der Waals surface area (Å²) in [6, 6.07) is 0. The fourth-order valence-electron chi connectivity index (χ4n) is 3.39. The van der Waals surface area contributed by atoms with E-state index >= 15 is 0 Å². The Bertz CT molecular complexity index is 380. The van der Waals surface area contributed by atoms with E-state index in [0.717, 1.165) is 42.9 Å². The number of hydrogen-bond donors (Lipinski definition) is 0. The Kier molecular flexibility index (Phi) is 7.01. The van der Waals surface area contributed by atoms with Gasteiger partial charge in [0, 0.05) is 17.5 Å². The van der Waals surface area contributed by atoms with Gasteiger partial charge in [-0.2, -0.15) is 0 Å². The number of amides is 1. The number of likely N-dealkylation sites (tertiary alicyclic amines) is 1. The first-order valence-corrected chi connectivity index (χ1v) is 10.5. The molecule has 23 heavy (non-hydrogen) atoms. The van der Waals surface area contributed by atoms with Gasteiger partial charge in [0.25, 0.3) is 0 Å². The monoisotopic (exact) mass is 437 g/mol. The van der Waals surface area contributed by atoms with Gasteiger partial charge < -0.3 is 14.4 Å². The van der Waals surface area contributed by atoms with Gasteiger partial charge in [0.1, 0.15) is 5.60 Å². The largest absolute Gasteiger partial charge is 0.444 e. The fraction of sp³-hybridized carbons (Fsp3) is 0.944. The maximum atomic E-state index is 12.2. The average Bonchev–Trinajstić information content (AvgIpc) is 2.53. The maximum absolute atomic E-state index is 12.2. The van der Waals surface area contributed by atoms with E-state index in [1.807, 2.05) is 25.7 Å². The number of halogens is 1. The van der Waals surface area contributed by atoms with Crippen LogP contribution in [0.15, 0.2) is 0 Å². The standard InChI is InChI=1S/C18H32INO3/c1-17(2,3)23-16(21)20-11-9-18(14-19,10-12-20)22-13-15-7-5-4-6-8-15/h15H,4-14H2,1-3H3. The molecule has 0 atom stereocenters. The molecule has 0 radical (unpaired) electrons. The highest BCUT2D eigenvalue weighted by Gasteiger charge is 2.37. The Morgan fingerprint density at radius 3 is 2.30 bits per heavy atom. The zero-order valence-corrected chi connectivity index (χ0v) is 17.1. The molecule has 2 fully saturated rings. The van der Waals surface area contributed by atoms with Crippen LogP contribution in [0.3, 0.4) is 0 Å². The van der Waals surface area contributed by atoms with Crippen LogP contribution in [0.2, 0.25) is 0 Å². The van der Waals surface area contributed by atoms with E-state index in [2.05, 4.69) is 22.6 Å². The molecule has 2 rings (SSSR count). The highest BCUT2D eigenvalue weighted by atomic mass is 127. The van der Waals surface area contributed by atoms with Crippen LogP contribution in [-0.2, 0) is 9.47 Å². The molecular weight excluding hydrogens is 405 g/mol. The van der Waals surface area contributed by atoms with Gasteiger partial charge in [-0.1, -0.05) is 41.9 Å². The number of piperidine rings is 1. The highest BCUT2D eigenvalue weighted by Crippen LogP contribution is 2.32. The van der Waals surface area contributed by atoms with Gasteiger partial charge in [-0.15, -0.1) is 0 Å². The van der Waals surface area contributed by atoms with E-state index < -0.39 is 5.60 Å². The summed E-state index contributed by atoms with van der Waals surface area (Å²) in [6.07, 6.45) is 8.40. The topological polar surface area (TPSA) is 38.8 Å². The molecule has 0 unspecified atom stereocenters. The molecule has 0 aromatic carbocycles. The van der Waals surface area contributed by atoms with Gasteiger partial charge in [-0.05, 0) is 52.4 Å². The molecule has 1 heterocycles. The SMILES string of the molecule is CC(C)(C)OC(=O)N1CCC(CI)(OCC2CCCCC2)CC1. The molecule has 0 N–H and O–H groups in total. The summed E-state index contributed by atoms with van der Waals surface area (Å²) in [5, 5.41) is 0. The van der Waals surface area contributed by atoms with Crippen molar-refractivity contribution in [1.29, 1.82) is 0 Å². The minimum atomic E-state index is -0.424. The van der Waals surface area contributed by atoms with Crippen molar-refractivity contribution in [2.45, 2.75) is 76.9 Å². The number of ether oxygens (including phenoxy) is 2. The Labute approximate surface area is 154 Å². The van der Waals surface area contributed by atoms with E-state index in [4.69, 9.17) is 9.47 Å². The van der Waals surface area contributed by atoms with Crippen molar-refractivity contribution >= 4 is 28.7 Å². The van der Waals surface area contributed by atoms with Gasteiger partial charge in [0.2, 0.25) is 0 Å². The summed E-state index contributed by atoms with van der Waals surface area (Å²) in [5.41, 5.74) is -0.469. The number of alkyl halides is 1. The van der Waals surface area contributed by atoms with E-state index in [1.54, 1.807) is 0 Å². The van der Waals surface area contributed by atoms with E-state index in [-0.39, 0.29) is 11.7 Å². The number of hydrogen-bond acceptors (Lipinski definition) is 3. The number of nitrogens with zero attached hydrogens (tertiary/aromatic N) is 1. The molecule has 1 amide bonds. The summed E-state index contributed by atoms with van der Waals surface area (Å²) in [4.78, 5) is 14.0. The number of carbonyl (C=O) groups excluding carboxylic acids is 1. The van der Waals surface area contributed by atoms with Crippen molar-refractivity contribution in [3.8, 4) is 0 Å². The molecule has 0 spiro atoms. The normalized spacial score (nSPS) is 22.9. The zero-order chi connectivity index (χ0) is 16.9. The van der Waals surface area contributed by atoms with Gasteiger partial charge >= 0.3 is 6.09 Å². The molecule has 0 aromatic rings. The predicted octanol–water partition coefficient (Wildman–Crippen LogP) is 4.79. The molecule has 1 saturated heterocycles. The number of carbonyl (C=O) groups is 1. The van der Waals surface area contributed by atoms with Crippen molar-refractivity contribution < 1.29 is 14.3 Å². The molecule has 5 heteroatoms. The molecule has 0 bridgehead atoms. The van der Waals surface area contributed by atoms with Gasteiger partial charge in [-0.25, -0.2) is 4.79 Å². The first kappa shape index (κ1) is 19.3. The van der Waals surface area contributed by atoms with Crippen molar-refractivity contribution in [2.75, 3.05) is 24.1 Å². The molecule has 1 aliphatic heterocycles. The molecule has 1 aliphatic carbocycles. The van der Waals surface area contributed by atoms with Gasteiger partial charge in [0.05, 0.1) is 12.2 Å². The lowest BCUT2D eigenvalue weighted by Gasteiger charge is -2.41. The minimum Gasteiger partial charge on any atom is -0.444 e. The summed E-state index contributed by atoms with van der Waals surface area (Å²) in [7, 11) is 0. The first-order chi connectivity index (χ1) is 10.8. The fourth-order valence-corrected chi connectivity index (χ4v) is 4.37. The second kappa shape index (κ2) is 8.37. The third-order valence-corrected chi connectivity index (χ3v) is 6.31. The van der Waals surface area contributed by atoms with Crippen molar-refractivity contribution in [2.24, 2.45) is 5.92 Å². The summed E-state index contributed by atoms with van der Waals surface area (Å²) < 4.78 is 12.9. The second-order valence-corrected chi connectivity index (χ2v) is 8.86. The van der Waals surface area contributed by atoms with Crippen LogP contribution in [0.25, 0.3) is 0 Å². The third kappa shape index (κ3) is 6.07. The lowest BCUT2D eigenvalue weighted by atomic mass is 9.89. The minimum absolute atomic E-state index is 0.0451. The lowest BCUT2D eigenvalue weighted by molar-refractivity contribution is -0.0819. The maximum Gasteiger partial charge on any atom is 0.410 e. The van der Waals surface area contributed by atoms with Crippen molar-refractivity contribution in [3.63, 3.8) is 0 Å². The van der Waals surface area contributed by atoms with Crippen molar-refractivity contribution in [3.05, 3.63) is 0 Å². The lowest BCUT2D eigenvalue weighted by Crippen LogP contribution is -2.50. The van der Waals surface area contributed by atoms with Crippen LogP contribution in [-0.4, -0.2) is 46.3 Å². The number of rotatable bonds is 4. The molecule has 134 valence electrons. The Balaban J connectivity index is 1.80. The van der Waals surface area contributed by atoms with Crippen LogP contribution >= 0.6 is 22.6 Å².